The first-order valence-electron chi connectivity index (χ1n) is 9.84. The number of hydrogen-bond donors (Lipinski definition) is 1. The maximum atomic E-state index is 11.9. The third-order valence-electron chi connectivity index (χ3n) is 4.76. The molecule has 1 saturated carbocycles. The van der Waals surface area contributed by atoms with Gasteiger partial charge in [-0.25, -0.2) is 4.79 Å². The van der Waals surface area contributed by atoms with Gasteiger partial charge in [-0.1, -0.05) is 11.8 Å². The van der Waals surface area contributed by atoms with Crippen LogP contribution in [-0.4, -0.2) is 39.8 Å². The minimum atomic E-state index is -1.05. The minimum absolute atomic E-state index is 0.0357. The number of thiophene rings is 1. The fourth-order valence-electron chi connectivity index (χ4n) is 3.36. The largest absolute Gasteiger partial charge is 0.489 e. The summed E-state index contributed by atoms with van der Waals surface area (Å²) in [7, 11) is 0. The number of carbonyl (C=O) groups is 2. The van der Waals surface area contributed by atoms with Gasteiger partial charge in [0.25, 0.3) is 0 Å². The molecule has 2 aromatic rings. The van der Waals surface area contributed by atoms with Crippen molar-refractivity contribution >= 4 is 29.4 Å². The van der Waals surface area contributed by atoms with Crippen LogP contribution in [0.3, 0.4) is 0 Å². The Morgan fingerprint density at radius 3 is 2.60 bits per heavy atom. The van der Waals surface area contributed by atoms with E-state index >= 15 is 0 Å². The zero-order valence-corrected chi connectivity index (χ0v) is 18.1. The number of anilines is 1. The zero-order chi connectivity index (χ0) is 21.7. The fourth-order valence-corrected chi connectivity index (χ4v) is 4.21. The van der Waals surface area contributed by atoms with Crippen molar-refractivity contribution in [2.24, 2.45) is 5.41 Å². The first kappa shape index (κ1) is 21.8. The highest BCUT2D eigenvalue weighted by Crippen LogP contribution is 2.35. The van der Waals surface area contributed by atoms with Crippen molar-refractivity contribution in [3.8, 4) is 17.6 Å². The van der Waals surface area contributed by atoms with Crippen LogP contribution in [0.1, 0.15) is 61.0 Å². The number of rotatable bonds is 6. The molecule has 0 atom stereocenters. The van der Waals surface area contributed by atoms with E-state index in [9.17, 15) is 14.7 Å². The molecule has 1 N–H and O–H groups in total. The van der Waals surface area contributed by atoms with Crippen LogP contribution in [0.4, 0.5) is 5.69 Å². The first-order chi connectivity index (χ1) is 14.3. The Kier molecular flexibility index (Phi) is 6.73. The van der Waals surface area contributed by atoms with Crippen molar-refractivity contribution < 1.29 is 19.4 Å². The number of amides is 1. The molecule has 8 heteroatoms. The summed E-state index contributed by atoms with van der Waals surface area (Å²) in [6.45, 7) is 5.98. The summed E-state index contributed by atoms with van der Waals surface area (Å²) in [5.41, 5.74) is 0.226. The second-order valence-electron chi connectivity index (χ2n) is 8.27. The standard InChI is InChI=1S/C22H25N3O4S/c1-22(2,3)10-8-18-12-19(20(30-18)21(27)28)25(14-26)15-4-6-16(7-5-15)29-17-9-11-23-24-13-17/h9,11-16H,4-7H2,1-3H3,(H,27,28)/t15-,16-. The lowest BCUT2D eigenvalue weighted by molar-refractivity contribution is -0.108. The molecule has 0 saturated heterocycles. The number of hydrogen-bond acceptors (Lipinski definition) is 6. The Balaban J connectivity index is 1.74. The highest BCUT2D eigenvalue weighted by molar-refractivity contribution is 7.15. The Morgan fingerprint density at radius 1 is 1.30 bits per heavy atom. The maximum absolute atomic E-state index is 11.9. The average molecular weight is 428 g/mol. The van der Waals surface area contributed by atoms with Gasteiger partial charge in [-0.2, -0.15) is 10.2 Å². The molecular formula is C22H25N3O4S. The molecule has 1 aliphatic rings. The Morgan fingerprint density at radius 2 is 2.03 bits per heavy atom. The van der Waals surface area contributed by atoms with E-state index in [4.69, 9.17) is 4.74 Å². The summed E-state index contributed by atoms with van der Waals surface area (Å²) in [6.07, 6.45) is 6.90. The summed E-state index contributed by atoms with van der Waals surface area (Å²) in [4.78, 5) is 26.1. The quantitative estimate of drug-likeness (QED) is 0.554. The lowest BCUT2D eigenvalue weighted by Gasteiger charge is -2.34. The molecule has 0 aromatic carbocycles. The van der Waals surface area contributed by atoms with E-state index in [1.165, 1.54) is 0 Å². The number of carboxylic acid groups (broad SMARTS) is 1. The topological polar surface area (TPSA) is 92.6 Å². The molecule has 2 heterocycles. The predicted octanol–water partition coefficient (Wildman–Crippen LogP) is 3.99. The van der Waals surface area contributed by atoms with Crippen molar-refractivity contribution in [3.05, 3.63) is 34.3 Å². The van der Waals surface area contributed by atoms with Gasteiger partial charge in [-0.05, 0) is 52.5 Å². The van der Waals surface area contributed by atoms with Crippen LogP contribution in [0.15, 0.2) is 24.5 Å². The zero-order valence-electron chi connectivity index (χ0n) is 17.3. The second-order valence-corrected chi connectivity index (χ2v) is 9.32. The maximum Gasteiger partial charge on any atom is 0.348 e. The molecule has 2 aromatic heterocycles. The smallest absolute Gasteiger partial charge is 0.348 e. The summed E-state index contributed by atoms with van der Waals surface area (Å²) >= 11 is 1.11. The van der Waals surface area contributed by atoms with Gasteiger partial charge in [0.2, 0.25) is 6.41 Å². The van der Waals surface area contributed by atoms with Crippen LogP contribution in [0, 0.1) is 17.3 Å². The van der Waals surface area contributed by atoms with Gasteiger partial charge in [-0.15, -0.1) is 11.3 Å². The summed E-state index contributed by atoms with van der Waals surface area (Å²) < 4.78 is 5.93. The van der Waals surface area contributed by atoms with E-state index in [1.54, 1.807) is 29.4 Å². The predicted molar refractivity (Wildman–Crippen MR) is 115 cm³/mol. The van der Waals surface area contributed by atoms with Crippen LogP contribution in [0.25, 0.3) is 0 Å². The lowest BCUT2D eigenvalue weighted by Crippen LogP contribution is -2.39. The molecule has 1 fully saturated rings. The lowest BCUT2D eigenvalue weighted by atomic mass is 9.91. The number of nitrogens with zero attached hydrogens (tertiary/aromatic N) is 3. The fraction of sp³-hybridized carbons (Fsp3) is 0.455. The van der Waals surface area contributed by atoms with E-state index in [2.05, 4.69) is 22.0 Å². The van der Waals surface area contributed by atoms with E-state index in [1.807, 2.05) is 20.8 Å². The highest BCUT2D eigenvalue weighted by Gasteiger charge is 2.30. The molecular weight excluding hydrogens is 402 g/mol. The van der Waals surface area contributed by atoms with E-state index in [-0.39, 0.29) is 22.4 Å². The van der Waals surface area contributed by atoms with Gasteiger partial charge in [-0.3, -0.25) is 4.79 Å². The SMILES string of the molecule is CC(C)(C)C#Cc1cc(N(C=O)[C@H]2CC[C@H](Oc3ccnnc3)CC2)c(C(=O)O)s1. The third-order valence-corrected chi connectivity index (χ3v) is 5.78. The number of carboxylic acids is 1. The number of ether oxygens (including phenoxy) is 1. The minimum Gasteiger partial charge on any atom is -0.489 e. The van der Waals surface area contributed by atoms with E-state index in [0.29, 0.717) is 16.3 Å². The molecule has 0 aliphatic heterocycles. The van der Waals surface area contributed by atoms with Crippen LogP contribution in [-0.2, 0) is 4.79 Å². The van der Waals surface area contributed by atoms with Gasteiger partial charge >= 0.3 is 5.97 Å². The van der Waals surface area contributed by atoms with Gasteiger partial charge in [0.15, 0.2) is 0 Å². The third kappa shape index (κ3) is 5.57. The monoisotopic (exact) mass is 427 g/mol. The van der Waals surface area contributed by atoms with Crippen molar-refractivity contribution in [2.75, 3.05) is 4.90 Å². The Bertz CT molecular complexity index is 948. The average Bonchev–Trinajstić information content (AvgIpc) is 3.13. The molecule has 1 aliphatic carbocycles. The second kappa shape index (κ2) is 9.26. The first-order valence-corrected chi connectivity index (χ1v) is 10.7. The molecule has 0 unspecified atom stereocenters. The molecule has 158 valence electrons. The van der Waals surface area contributed by atoms with Crippen molar-refractivity contribution in [1.29, 1.82) is 0 Å². The van der Waals surface area contributed by atoms with Crippen LogP contribution >= 0.6 is 11.3 Å². The van der Waals surface area contributed by atoms with Gasteiger partial charge in [0, 0.05) is 17.5 Å². The number of carbonyl (C=O) groups excluding carboxylic acids is 1. The number of aromatic nitrogens is 2. The van der Waals surface area contributed by atoms with E-state index in [0.717, 1.165) is 43.4 Å². The summed E-state index contributed by atoms with van der Waals surface area (Å²) in [6, 6.07) is 3.41. The molecule has 0 spiro atoms. The molecule has 30 heavy (non-hydrogen) atoms. The normalized spacial score (nSPS) is 18.8. The summed E-state index contributed by atoms with van der Waals surface area (Å²) in [5, 5.41) is 17.2. The molecule has 1 amide bonds. The van der Waals surface area contributed by atoms with E-state index < -0.39 is 5.97 Å². The van der Waals surface area contributed by atoms with Gasteiger partial charge < -0.3 is 14.7 Å². The molecule has 3 rings (SSSR count). The van der Waals surface area contributed by atoms with Crippen molar-refractivity contribution in [2.45, 2.75) is 58.6 Å². The van der Waals surface area contributed by atoms with Crippen LogP contribution in [0.2, 0.25) is 0 Å². The van der Waals surface area contributed by atoms with Gasteiger partial charge in [0.05, 0.1) is 29.1 Å². The molecule has 7 nitrogen and oxygen atoms in total. The Hall–Kier alpha value is -2.92. The van der Waals surface area contributed by atoms with Crippen molar-refractivity contribution in [1.82, 2.24) is 10.2 Å². The van der Waals surface area contributed by atoms with Crippen molar-refractivity contribution in [3.63, 3.8) is 0 Å². The molecule has 0 radical (unpaired) electrons. The molecule has 0 bridgehead atoms. The van der Waals surface area contributed by atoms with Gasteiger partial charge in [0.1, 0.15) is 10.6 Å². The van der Waals surface area contributed by atoms with Crippen LogP contribution < -0.4 is 9.64 Å². The van der Waals surface area contributed by atoms with Crippen LogP contribution in [0.5, 0.6) is 5.75 Å². The highest BCUT2D eigenvalue weighted by atomic mass is 32.1. The Labute approximate surface area is 180 Å². The number of aromatic carboxylic acids is 1. The summed E-state index contributed by atoms with van der Waals surface area (Å²) in [5.74, 6) is 5.79.